The quantitative estimate of drug-likeness (QED) is 0.626. The van der Waals surface area contributed by atoms with E-state index in [9.17, 15) is 4.79 Å². The summed E-state index contributed by atoms with van der Waals surface area (Å²) in [7, 11) is 0. The van der Waals surface area contributed by atoms with Crippen molar-refractivity contribution < 1.29 is 4.79 Å². The number of benzene rings is 1. The minimum Gasteiger partial charge on any atom is -0.340 e. The summed E-state index contributed by atoms with van der Waals surface area (Å²) in [5.74, 6) is 1.05. The van der Waals surface area contributed by atoms with E-state index in [1.165, 1.54) is 4.90 Å². The van der Waals surface area contributed by atoms with E-state index in [-0.39, 0.29) is 11.3 Å². The summed E-state index contributed by atoms with van der Waals surface area (Å²) in [5.41, 5.74) is 0. The van der Waals surface area contributed by atoms with Gasteiger partial charge in [-0.3, -0.25) is 4.79 Å². The molecule has 2 rings (SSSR count). The minimum atomic E-state index is -0.0111. The first-order valence-corrected chi connectivity index (χ1v) is 7.25. The Balaban J connectivity index is 1.76. The fourth-order valence-corrected chi connectivity index (χ4v) is 3.05. The van der Waals surface area contributed by atoms with E-state index in [4.69, 9.17) is 23.2 Å². The van der Waals surface area contributed by atoms with Crippen LogP contribution in [0.15, 0.2) is 29.2 Å². The fraction of sp³-hybridized carbons (Fsp3) is 0.417. The van der Waals surface area contributed by atoms with Crippen molar-refractivity contribution in [3.05, 3.63) is 29.3 Å². The van der Waals surface area contributed by atoms with Gasteiger partial charge in [-0.25, -0.2) is 0 Å². The van der Waals surface area contributed by atoms with Gasteiger partial charge < -0.3 is 4.90 Å². The van der Waals surface area contributed by atoms with E-state index < -0.39 is 0 Å². The highest BCUT2D eigenvalue weighted by atomic mass is 35.5. The van der Waals surface area contributed by atoms with Crippen LogP contribution in [0.5, 0.6) is 0 Å². The van der Waals surface area contributed by atoms with Gasteiger partial charge in [0, 0.05) is 35.2 Å². The molecule has 0 spiro atoms. The molecule has 0 aliphatic carbocycles. The normalized spacial score (nSPS) is 20.0. The Kier molecular flexibility index (Phi) is 4.60. The highest BCUT2D eigenvalue weighted by Crippen LogP contribution is 2.22. The van der Waals surface area contributed by atoms with Gasteiger partial charge in [-0.15, -0.1) is 23.4 Å². The second-order valence-electron chi connectivity index (χ2n) is 3.94. The van der Waals surface area contributed by atoms with Crippen molar-refractivity contribution in [1.29, 1.82) is 0 Å². The molecule has 0 aromatic heterocycles. The zero-order valence-corrected chi connectivity index (χ0v) is 11.6. The molecule has 0 bridgehead atoms. The Morgan fingerprint density at radius 2 is 2.06 bits per heavy atom. The van der Waals surface area contributed by atoms with Gasteiger partial charge in [-0.05, 0) is 24.3 Å². The predicted octanol–water partition coefficient (Wildman–Crippen LogP) is 3.27. The fourth-order valence-electron chi connectivity index (χ4n) is 1.74. The molecular weight excluding hydrogens is 277 g/mol. The van der Waals surface area contributed by atoms with Crippen LogP contribution >= 0.6 is 35.0 Å². The monoisotopic (exact) mass is 289 g/mol. The molecule has 1 saturated heterocycles. The molecule has 1 aliphatic heterocycles. The van der Waals surface area contributed by atoms with E-state index in [1.807, 2.05) is 29.2 Å². The molecule has 92 valence electrons. The lowest BCUT2D eigenvalue weighted by molar-refractivity contribution is -0.127. The van der Waals surface area contributed by atoms with Gasteiger partial charge in [0.25, 0.3) is 0 Å². The minimum absolute atomic E-state index is 0.0111. The lowest BCUT2D eigenvalue weighted by Crippen LogP contribution is -2.27. The highest BCUT2D eigenvalue weighted by molar-refractivity contribution is 7.99. The maximum atomic E-state index is 11.5. The lowest BCUT2D eigenvalue weighted by Gasteiger charge is -2.14. The number of thioether (sulfide) groups is 1. The van der Waals surface area contributed by atoms with Crippen molar-refractivity contribution >= 4 is 40.9 Å². The van der Waals surface area contributed by atoms with E-state index in [1.54, 1.807) is 11.8 Å². The summed E-state index contributed by atoms with van der Waals surface area (Å²) in [6.45, 7) is 1.44. The third-order valence-corrected chi connectivity index (χ3v) is 4.15. The number of likely N-dealkylation sites (tertiary alicyclic amines) is 1. The van der Waals surface area contributed by atoms with Crippen LogP contribution in [0.25, 0.3) is 0 Å². The Morgan fingerprint density at radius 1 is 1.35 bits per heavy atom. The second kappa shape index (κ2) is 5.98. The summed E-state index contributed by atoms with van der Waals surface area (Å²) in [6, 6.07) is 7.73. The van der Waals surface area contributed by atoms with Crippen LogP contribution in [-0.4, -0.2) is 35.0 Å². The number of alkyl halides is 1. The molecular formula is C12H13Cl2NOS. The molecule has 1 fully saturated rings. The van der Waals surface area contributed by atoms with Gasteiger partial charge in [-0.2, -0.15) is 0 Å². The molecule has 1 heterocycles. The van der Waals surface area contributed by atoms with Crippen LogP contribution in [0.3, 0.4) is 0 Å². The number of halogens is 2. The van der Waals surface area contributed by atoms with Gasteiger partial charge in [-0.1, -0.05) is 11.6 Å². The van der Waals surface area contributed by atoms with Crippen LogP contribution in [0, 0.1) is 0 Å². The zero-order valence-electron chi connectivity index (χ0n) is 9.23. The maximum Gasteiger partial charge on any atom is 0.224 e. The molecule has 1 aliphatic rings. The highest BCUT2D eigenvalue weighted by Gasteiger charge is 2.27. The Labute approximate surface area is 115 Å². The lowest BCUT2D eigenvalue weighted by atomic mass is 10.4. The van der Waals surface area contributed by atoms with Crippen molar-refractivity contribution in [3.63, 3.8) is 0 Å². The molecule has 5 heteroatoms. The number of hydrogen-bond donors (Lipinski definition) is 0. The molecule has 17 heavy (non-hydrogen) atoms. The average molecular weight is 290 g/mol. The summed E-state index contributed by atoms with van der Waals surface area (Å²) < 4.78 is 0. The van der Waals surface area contributed by atoms with Crippen LogP contribution in [0.1, 0.15) is 6.42 Å². The summed E-state index contributed by atoms with van der Waals surface area (Å²) in [6.07, 6.45) is 0.479. The molecule has 0 radical (unpaired) electrons. The van der Waals surface area contributed by atoms with E-state index in [0.29, 0.717) is 13.0 Å². The van der Waals surface area contributed by atoms with E-state index >= 15 is 0 Å². The number of carbonyl (C=O) groups is 1. The largest absolute Gasteiger partial charge is 0.340 e. The van der Waals surface area contributed by atoms with Gasteiger partial charge >= 0.3 is 0 Å². The first-order valence-electron chi connectivity index (χ1n) is 5.45. The predicted molar refractivity (Wildman–Crippen MR) is 73.0 cm³/mol. The van der Waals surface area contributed by atoms with E-state index in [2.05, 4.69) is 0 Å². The van der Waals surface area contributed by atoms with Crippen LogP contribution in [0.4, 0.5) is 0 Å². The number of hydrogen-bond acceptors (Lipinski definition) is 2. The Morgan fingerprint density at radius 3 is 2.65 bits per heavy atom. The standard InChI is InChI=1S/C12H13Cl2NOS/c13-9-1-3-11(4-2-9)17-6-5-15-8-10(14)7-12(15)16/h1-4,10H,5-8H2. The third-order valence-electron chi connectivity index (χ3n) is 2.61. The smallest absolute Gasteiger partial charge is 0.224 e. The number of rotatable bonds is 4. The van der Waals surface area contributed by atoms with E-state index in [0.717, 1.165) is 17.3 Å². The summed E-state index contributed by atoms with van der Waals surface area (Å²) in [4.78, 5) is 14.5. The molecule has 1 aromatic carbocycles. The van der Waals surface area contributed by atoms with Crippen LogP contribution in [0.2, 0.25) is 5.02 Å². The van der Waals surface area contributed by atoms with Crippen molar-refractivity contribution in [2.75, 3.05) is 18.8 Å². The number of nitrogens with zero attached hydrogens (tertiary/aromatic N) is 1. The van der Waals surface area contributed by atoms with Gasteiger partial charge in [0.15, 0.2) is 0 Å². The Hall–Kier alpha value is -0.380. The van der Waals surface area contributed by atoms with Crippen LogP contribution < -0.4 is 0 Å². The molecule has 1 atom stereocenters. The van der Waals surface area contributed by atoms with Crippen molar-refractivity contribution in [3.8, 4) is 0 Å². The zero-order chi connectivity index (χ0) is 12.3. The van der Waals surface area contributed by atoms with Crippen molar-refractivity contribution in [2.24, 2.45) is 0 Å². The van der Waals surface area contributed by atoms with Crippen molar-refractivity contribution in [1.82, 2.24) is 4.90 Å². The Bertz CT molecular complexity index is 396. The van der Waals surface area contributed by atoms with Gasteiger partial charge in [0.05, 0.1) is 5.38 Å². The third kappa shape index (κ3) is 3.80. The molecule has 1 amide bonds. The molecule has 1 unspecified atom stereocenters. The first-order chi connectivity index (χ1) is 8.15. The number of amides is 1. The van der Waals surface area contributed by atoms with Crippen LogP contribution in [-0.2, 0) is 4.79 Å². The molecule has 0 N–H and O–H groups in total. The summed E-state index contributed by atoms with van der Waals surface area (Å²) >= 11 is 13.5. The summed E-state index contributed by atoms with van der Waals surface area (Å²) in [5, 5.41) is 0.733. The molecule has 1 aromatic rings. The van der Waals surface area contributed by atoms with Crippen molar-refractivity contribution in [2.45, 2.75) is 16.7 Å². The molecule has 0 saturated carbocycles. The maximum absolute atomic E-state index is 11.5. The topological polar surface area (TPSA) is 20.3 Å². The number of carbonyl (C=O) groups excluding carboxylic acids is 1. The SMILES string of the molecule is O=C1CC(Cl)CN1CCSc1ccc(Cl)cc1. The molecule has 2 nitrogen and oxygen atoms in total. The van der Waals surface area contributed by atoms with Gasteiger partial charge in [0.2, 0.25) is 5.91 Å². The first kappa shape index (κ1) is 13.1. The van der Waals surface area contributed by atoms with Gasteiger partial charge in [0.1, 0.15) is 0 Å². The average Bonchev–Trinajstić information content (AvgIpc) is 2.60. The second-order valence-corrected chi connectivity index (χ2v) is 6.17.